The van der Waals surface area contributed by atoms with Gasteiger partial charge in [0.1, 0.15) is 0 Å². The molecule has 0 aliphatic rings. The summed E-state index contributed by atoms with van der Waals surface area (Å²) in [5.41, 5.74) is 3.94. The van der Waals surface area contributed by atoms with Crippen molar-refractivity contribution in [3.05, 3.63) is 64.2 Å². The van der Waals surface area contributed by atoms with Crippen molar-refractivity contribution in [3.63, 3.8) is 0 Å². The predicted octanol–water partition coefficient (Wildman–Crippen LogP) is 4.28. The molecule has 0 saturated carbocycles. The van der Waals surface area contributed by atoms with E-state index < -0.39 is 0 Å². The lowest BCUT2D eigenvalue weighted by atomic mass is 10.1. The van der Waals surface area contributed by atoms with Gasteiger partial charge in [0.2, 0.25) is 0 Å². The summed E-state index contributed by atoms with van der Waals surface area (Å²) >= 11 is 5.92. The zero-order valence-electron chi connectivity index (χ0n) is 11.5. The third-order valence-corrected chi connectivity index (χ3v) is 3.22. The molecule has 3 nitrogen and oxygen atoms in total. The smallest absolute Gasteiger partial charge is 0.319 e. The molecule has 2 aromatic rings. The van der Waals surface area contributed by atoms with Crippen molar-refractivity contribution in [2.24, 2.45) is 0 Å². The SMILES string of the molecule is Cc1cccc(CNC(=O)Nc2cc(Cl)ccc2C)c1. The quantitative estimate of drug-likeness (QED) is 0.869. The molecule has 4 heteroatoms. The van der Waals surface area contributed by atoms with E-state index >= 15 is 0 Å². The second-order valence-corrected chi connectivity index (χ2v) is 5.19. The summed E-state index contributed by atoms with van der Waals surface area (Å²) in [6, 6.07) is 13.2. The summed E-state index contributed by atoms with van der Waals surface area (Å²) in [5, 5.41) is 6.23. The standard InChI is InChI=1S/C16H17ClN2O/c1-11-4-3-5-13(8-11)10-18-16(20)19-15-9-14(17)7-6-12(15)2/h3-9H,10H2,1-2H3,(H2,18,19,20). The molecular formula is C16H17ClN2O. The Hall–Kier alpha value is -2.00. The Kier molecular flexibility index (Phi) is 4.64. The second kappa shape index (κ2) is 6.44. The molecule has 2 aromatic carbocycles. The van der Waals surface area contributed by atoms with Crippen LogP contribution in [-0.4, -0.2) is 6.03 Å². The molecule has 0 bridgehead atoms. The van der Waals surface area contributed by atoms with Gasteiger partial charge in [-0.25, -0.2) is 4.79 Å². The lowest BCUT2D eigenvalue weighted by Gasteiger charge is -2.10. The third kappa shape index (κ3) is 4.00. The molecule has 0 radical (unpaired) electrons. The lowest BCUT2D eigenvalue weighted by molar-refractivity contribution is 0.251. The summed E-state index contributed by atoms with van der Waals surface area (Å²) in [5.74, 6) is 0. The van der Waals surface area contributed by atoms with Crippen LogP contribution in [0.3, 0.4) is 0 Å². The van der Waals surface area contributed by atoms with Crippen molar-refractivity contribution in [2.75, 3.05) is 5.32 Å². The fraction of sp³-hybridized carbons (Fsp3) is 0.188. The Morgan fingerprint density at radius 2 is 1.95 bits per heavy atom. The average Bonchev–Trinajstić information content (AvgIpc) is 2.41. The number of urea groups is 1. The Balaban J connectivity index is 1.94. The number of nitrogens with one attached hydrogen (secondary N) is 2. The molecule has 0 unspecified atom stereocenters. The summed E-state index contributed by atoms with van der Waals surface area (Å²) in [7, 11) is 0. The van der Waals surface area contributed by atoms with Crippen LogP contribution in [-0.2, 0) is 6.54 Å². The number of amides is 2. The van der Waals surface area contributed by atoms with Gasteiger partial charge in [-0.3, -0.25) is 0 Å². The number of anilines is 1. The van der Waals surface area contributed by atoms with Gasteiger partial charge < -0.3 is 10.6 Å². The van der Waals surface area contributed by atoms with Crippen LogP contribution in [0.5, 0.6) is 0 Å². The molecule has 2 rings (SSSR count). The van der Waals surface area contributed by atoms with Crippen LogP contribution in [0.1, 0.15) is 16.7 Å². The molecule has 2 N–H and O–H groups in total. The normalized spacial score (nSPS) is 10.2. The largest absolute Gasteiger partial charge is 0.334 e. The van der Waals surface area contributed by atoms with Crippen LogP contribution in [0.25, 0.3) is 0 Å². The maximum atomic E-state index is 11.9. The zero-order valence-corrected chi connectivity index (χ0v) is 12.3. The van der Waals surface area contributed by atoms with Gasteiger partial charge in [-0.15, -0.1) is 0 Å². The van der Waals surface area contributed by atoms with Gasteiger partial charge in [-0.05, 0) is 37.1 Å². The Morgan fingerprint density at radius 3 is 2.70 bits per heavy atom. The van der Waals surface area contributed by atoms with Gasteiger partial charge in [0.25, 0.3) is 0 Å². The first-order chi connectivity index (χ1) is 9.54. The van der Waals surface area contributed by atoms with Crippen molar-refractivity contribution < 1.29 is 4.79 Å². The van der Waals surface area contributed by atoms with E-state index in [-0.39, 0.29) is 6.03 Å². The van der Waals surface area contributed by atoms with Crippen molar-refractivity contribution in [3.8, 4) is 0 Å². The Labute approximate surface area is 124 Å². The minimum atomic E-state index is -0.239. The summed E-state index contributed by atoms with van der Waals surface area (Å²) in [4.78, 5) is 11.9. The minimum absolute atomic E-state index is 0.239. The number of carbonyl (C=O) groups is 1. The maximum Gasteiger partial charge on any atom is 0.319 e. The number of benzene rings is 2. The number of hydrogen-bond acceptors (Lipinski definition) is 1. The van der Waals surface area contributed by atoms with Crippen molar-refractivity contribution in [2.45, 2.75) is 20.4 Å². The molecule has 0 fully saturated rings. The molecule has 0 atom stereocenters. The molecule has 0 aromatic heterocycles. The highest BCUT2D eigenvalue weighted by molar-refractivity contribution is 6.31. The van der Waals surface area contributed by atoms with Crippen LogP contribution in [0.2, 0.25) is 5.02 Å². The van der Waals surface area contributed by atoms with Gasteiger partial charge in [0.15, 0.2) is 0 Å². The van der Waals surface area contributed by atoms with Gasteiger partial charge in [-0.1, -0.05) is 47.5 Å². The zero-order chi connectivity index (χ0) is 14.5. The van der Waals surface area contributed by atoms with Crippen LogP contribution in [0.4, 0.5) is 10.5 Å². The number of rotatable bonds is 3. The minimum Gasteiger partial charge on any atom is -0.334 e. The fourth-order valence-electron chi connectivity index (χ4n) is 1.90. The van der Waals surface area contributed by atoms with E-state index in [2.05, 4.69) is 10.6 Å². The number of halogens is 1. The van der Waals surface area contributed by atoms with Gasteiger partial charge in [-0.2, -0.15) is 0 Å². The Morgan fingerprint density at radius 1 is 1.15 bits per heavy atom. The summed E-state index contributed by atoms with van der Waals surface area (Å²) in [6.07, 6.45) is 0. The van der Waals surface area contributed by atoms with E-state index in [4.69, 9.17) is 11.6 Å². The highest BCUT2D eigenvalue weighted by atomic mass is 35.5. The highest BCUT2D eigenvalue weighted by Crippen LogP contribution is 2.19. The van der Waals surface area contributed by atoms with Crippen LogP contribution >= 0.6 is 11.6 Å². The molecule has 2 amide bonds. The van der Waals surface area contributed by atoms with Gasteiger partial charge >= 0.3 is 6.03 Å². The summed E-state index contributed by atoms with van der Waals surface area (Å²) in [6.45, 7) is 4.44. The number of aryl methyl sites for hydroxylation is 2. The van der Waals surface area contributed by atoms with Crippen molar-refractivity contribution >= 4 is 23.3 Å². The third-order valence-electron chi connectivity index (χ3n) is 2.98. The first-order valence-electron chi connectivity index (χ1n) is 6.41. The molecule has 0 aliphatic heterocycles. The number of hydrogen-bond donors (Lipinski definition) is 2. The molecule has 0 heterocycles. The summed E-state index contributed by atoms with van der Waals surface area (Å²) < 4.78 is 0. The van der Waals surface area contributed by atoms with Crippen molar-refractivity contribution in [1.29, 1.82) is 0 Å². The molecule has 0 spiro atoms. The fourth-order valence-corrected chi connectivity index (χ4v) is 2.07. The van der Waals surface area contributed by atoms with Gasteiger partial charge in [0, 0.05) is 17.3 Å². The van der Waals surface area contributed by atoms with E-state index in [0.717, 1.165) is 16.8 Å². The molecule has 104 valence electrons. The highest BCUT2D eigenvalue weighted by Gasteiger charge is 2.05. The lowest BCUT2D eigenvalue weighted by Crippen LogP contribution is -2.28. The predicted molar refractivity (Wildman–Crippen MR) is 83.2 cm³/mol. The van der Waals surface area contributed by atoms with E-state index in [1.807, 2.05) is 44.2 Å². The van der Waals surface area contributed by atoms with Crippen molar-refractivity contribution in [1.82, 2.24) is 5.32 Å². The van der Waals surface area contributed by atoms with E-state index in [0.29, 0.717) is 11.6 Å². The molecule has 0 saturated heterocycles. The Bertz CT molecular complexity index is 626. The monoisotopic (exact) mass is 288 g/mol. The van der Waals surface area contributed by atoms with E-state index in [1.165, 1.54) is 5.56 Å². The van der Waals surface area contributed by atoms with Gasteiger partial charge in [0.05, 0.1) is 0 Å². The molecule has 20 heavy (non-hydrogen) atoms. The molecular weight excluding hydrogens is 272 g/mol. The van der Waals surface area contributed by atoms with Crippen LogP contribution in [0, 0.1) is 13.8 Å². The second-order valence-electron chi connectivity index (χ2n) is 4.76. The first kappa shape index (κ1) is 14.4. The average molecular weight is 289 g/mol. The maximum absolute atomic E-state index is 11.9. The van der Waals surface area contributed by atoms with E-state index in [9.17, 15) is 4.79 Å². The van der Waals surface area contributed by atoms with Crippen LogP contribution in [0.15, 0.2) is 42.5 Å². The first-order valence-corrected chi connectivity index (χ1v) is 6.79. The van der Waals surface area contributed by atoms with Crippen LogP contribution < -0.4 is 10.6 Å². The topological polar surface area (TPSA) is 41.1 Å². The molecule has 0 aliphatic carbocycles. The van der Waals surface area contributed by atoms with E-state index in [1.54, 1.807) is 12.1 Å². The number of carbonyl (C=O) groups excluding carboxylic acids is 1.